The molecule has 0 amide bonds. The molecule has 0 unspecified atom stereocenters. The minimum atomic E-state index is -1.29. The molecule has 8 heteroatoms. The van der Waals surface area contributed by atoms with E-state index in [2.05, 4.69) is 0 Å². The van der Waals surface area contributed by atoms with Crippen LogP contribution in [0, 0.1) is 0 Å². The molecule has 2 aromatic rings. The third kappa shape index (κ3) is 4.10. The van der Waals surface area contributed by atoms with E-state index in [9.17, 15) is 15.3 Å². The summed E-state index contributed by atoms with van der Waals surface area (Å²) in [6.45, 7) is 1.07. The third-order valence-corrected chi connectivity index (χ3v) is 6.29. The zero-order valence-electron chi connectivity index (χ0n) is 16.9. The summed E-state index contributed by atoms with van der Waals surface area (Å²) in [4.78, 5) is 0. The molecule has 2 aromatic carbocycles. The fourth-order valence-corrected chi connectivity index (χ4v) is 4.52. The Hall–Kier alpha value is -1.97. The van der Waals surface area contributed by atoms with Crippen LogP contribution in [0.3, 0.4) is 0 Å². The molecule has 30 heavy (non-hydrogen) atoms. The Labute approximate surface area is 179 Å². The van der Waals surface area contributed by atoms with Crippen molar-refractivity contribution in [2.24, 2.45) is 0 Å². The highest BCUT2D eigenvalue weighted by atomic mass is 32.2. The summed E-state index contributed by atoms with van der Waals surface area (Å²) >= 11 is 1.29. The Bertz CT molecular complexity index is 888. The molecule has 2 aliphatic heterocycles. The molecule has 0 aliphatic carbocycles. The standard InChI is InChI=1S/C22H26O7S/c1-26-15-6-4-13(21-19(24)18(23)20(25)22(29-21)30-2)11-14(15)9-12-3-5-16-17(10-12)28-8-7-27-16/h3-6,10-11,18-25H,7-9H2,1-2H3/t18-,19-,20+,21+,22-/m1/s1. The first-order chi connectivity index (χ1) is 14.5. The van der Waals surface area contributed by atoms with Crippen molar-refractivity contribution in [2.75, 3.05) is 26.6 Å². The first kappa shape index (κ1) is 21.3. The van der Waals surface area contributed by atoms with Crippen molar-refractivity contribution < 1.29 is 34.3 Å². The van der Waals surface area contributed by atoms with Gasteiger partial charge in [0.2, 0.25) is 0 Å². The van der Waals surface area contributed by atoms with Crippen molar-refractivity contribution in [3.8, 4) is 17.2 Å². The summed E-state index contributed by atoms with van der Waals surface area (Å²) in [5.41, 5.74) is 2.01. The zero-order chi connectivity index (χ0) is 21.3. The normalized spacial score (nSPS) is 28.2. The van der Waals surface area contributed by atoms with Crippen LogP contribution in [0.2, 0.25) is 0 Å². The molecule has 5 atom stereocenters. The van der Waals surface area contributed by atoms with Gasteiger partial charge in [-0.3, -0.25) is 0 Å². The Morgan fingerprint density at radius 3 is 2.47 bits per heavy atom. The molecular formula is C22H26O7S. The van der Waals surface area contributed by atoms with Gasteiger partial charge in [0.25, 0.3) is 0 Å². The molecule has 7 nitrogen and oxygen atoms in total. The van der Waals surface area contributed by atoms with Gasteiger partial charge < -0.3 is 34.3 Å². The summed E-state index contributed by atoms with van der Waals surface area (Å²) in [7, 11) is 1.61. The van der Waals surface area contributed by atoms with E-state index >= 15 is 0 Å². The molecule has 2 heterocycles. The SMILES string of the molecule is COc1ccc([C@@H]2O[C@H](SC)[C@@H](O)[C@H](O)[C@H]2O)cc1Cc1ccc2c(c1)OCCO2. The van der Waals surface area contributed by atoms with Gasteiger partial charge in [0.1, 0.15) is 48.8 Å². The summed E-state index contributed by atoms with van der Waals surface area (Å²) in [6.07, 6.45) is -2.07. The second kappa shape index (κ2) is 9.03. The van der Waals surface area contributed by atoms with E-state index in [1.54, 1.807) is 13.4 Å². The predicted octanol–water partition coefficient (Wildman–Crippen LogP) is 1.90. The van der Waals surface area contributed by atoms with E-state index in [1.165, 1.54) is 11.8 Å². The minimum absolute atomic E-state index is 0.525. The number of aliphatic hydroxyl groups excluding tert-OH is 3. The number of hydrogen-bond acceptors (Lipinski definition) is 8. The molecule has 1 fully saturated rings. The van der Waals surface area contributed by atoms with Gasteiger partial charge >= 0.3 is 0 Å². The average Bonchev–Trinajstić information content (AvgIpc) is 2.77. The summed E-state index contributed by atoms with van der Waals surface area (Å²) in [5.74, 6) is 2.17. The number of benzene rings is 2. The number of aliphatic hydroxyl groups is 3. The molecule has 4 rings (SSSR count). The van der Waals surface area contributed by atoms with Gasteiger partial charge in [-0.2, -0.15) is 0 Å². The first-order valence-electron chi connectivity index (χ1n) is 9.79. The molecule has 0 bridgehead atoms. The van der Waals surface area contributed by atoms with Gasteiger partial charge in [-0.15, -0.1) is 11.8 Å². The lowest BCUT2D eigenvalue weighted by atomic mass is 9.92. The second-order valence-electron chi connectivity index (χ2n) is 7.36. The van der Waals surface area contributed by atoms with Crippen molar-refractivity contribution >= 4 is 11.8 Å². The molecule has 1 saturated heterocycles. The topological polar surface area (TPSA) is 97.6 Å². The van der Waals surface area contributed by atoms with Crippen molar-refractivity contribution in [1.82, 2.24) is 0 Å². The highest BCUT2D eigenvalue weighted by molar-refractivity contribution is 7.99. The zero-order valence-corrected chi connectivity index (χ0v) is 17.7. The van der Waals surface area contributed by atoms with E-state index in [0.29, 0.717) is 30.9 Å². The van der Waals surface area contributed by atoms with Crippen molar-refractivity contribution in [1.29, 1.82) is 0 Å². The molecule has 2 aliphatic rings. The van der Waals surface area contributed by atoms with E-state index < -0.39 is 29.9 Å². The van der Waals surface area contributed by atoms with E-state index in [4.69, 9.17) is 18.9 Å². The maximum atomic E-state index is 10.5. The van der Waals surface area contributed by atoms with Crippen molar-refractivity contribution in [3.05, 3.63) is 53.1 Å². The number of thioether (sulfide) groups is 1. The summed E-state index contributed by atoms with van der Waals surface area (Å²) in [5, 5.41) is 30.9. The van der Waals surface area contributed by atoms with E-state index in [1.807, 2.05) is 36.4 Å². The van der Waals surface area contributed by atoms with Crippen LogP contribution in [0.5, 0.6) is 17.2 Å². The molecular weight excluding hydrogens is 408 g/mol. The molecule has 3 N–H and O–H groups in total. The van der Waals surface area contributed by atoms with Crippen LogP contribution in [-0.4, -0.2) is 65.6 Å². The summed E-state index contributed by atoms with van der Waals surface area (Å²) < 4.78 is 22.7. The monoisotopic (exact) mass is 434 g/mol. The van der Waals surface area contributed by atoms with Crippen LogP contribution in [-0.2, 0) is 11.2 Å². The van der Waals surface area contributed by atoms with E-state index in [0.717, 1.165) is 22.6 Å². The fourth-order valence-electron chi connectivity index (χ4n) is 3.85. The van der Waals surface area contributed by atoms with Gasteiger partial charge in [-0.25, -0.2) is 0 Å². The number of methoxy groups -OCH3 is 1. The lowest BCUT2D eigenvalue weighted by molar-refractivity contribution is -0.200. The smallest absolute Gasteiger partial charge is 0.161 e. The Morgan fingerprint density at radius 2 is 1.73 bits per heavy atom. The van der Waals surface area contributed by atoms with Gasteiger partial charge in [-0.1, -0.05) is 12.1 Å². The van der Waals surface area contributed by atoms with Crippen molar-refractivity contribution in [2.45, 2.75) is 36.3 Å². The molecule has 162 valence electrons. The van der Waals surface area contributed by atoms with Gasteiger partial charge in [0.15, 0.2) is 11.5 Å². The number of fused-ring (bicyclic) bond motifs is 1. The van der Waals surface area contributed by atoms with Crippen LogP contribution >= 0.6 is 11.8 Å². The predicted molar refractivity (Wildman–Crippen MR) is 112 cm³/mol. The number of ether oxygens (including phenoxy) is 4. The number of hydrogen-bond donors (Lipinski definition) is 3. The lowest BCUT2D eigenvalue weighted by Crippen LogP contribution is -2.52. The Balaban J connectivity index is 1.62. The Kier molecular flexibility index (Phi) is 6.40. The largest absolute Gasteiger partial charge is 0.496 e. The van der Waals surface area contributed by atoms with Crippen LogP contribution in [0.4, 0.5) is 0 Å². The molecule has 0 spiro atoms. The first-order valence-corrected chi connectivity index (χ1v) is 11.1. The van der Waals surface area contributed by atoms with Crippen LogP contribution < -0.4 is 14.2 Å². The molecule has 0 radical (unpaired) electrons. The van der Waals surface area contributed by atoms with Crippen LogP contribution in [0.25, 0.3) is 0 Å². The average molecular weight is 435 g/mol. The Morgan fingerprint density at radius 1 is 0.967 bits per heavy atom. The maximum Gasteiger partial charge on any atom is 0.161 e. The van der Waals surface area contributed by atoms with Gasteiger partial charge in [-0.05, 0) is 47.2 Å². The quantitative estimate of drug-likeness (QED) is 0.657. The van der Waals surface area contributed by atoms with Crippen molar-refractivity contribution in [3.63, 3.8) is 0 Å². The lowest BCUT2D eigenvalue weighted by Gasteiger charge is -2.40. The second-order valence-corrected chi connectivity index (χ2v) is 8.29. The van der Waals surface area contributed by atoms with Gasteiger partial charge in [0.05, 0.1) is 7.11 Å². The third-order valence-electron chi connectivity index (χ3n) is 5.44. The number of rotatable bonds is 5. The van der Waals surface area contributed by atoms with Crippen LogP contribution in [0.15, 0.2) is 36.4 Å². The van der Waals surface area contributed by atoms with Crippen LogP contribution in [0.1, 0.15) is 22.8 Å². The highest BCUT2D eigenvalue weighted by Gasteiger charge is 2.44. The highest BCUT2D eigenvalue weighted by Crippen LogP contribution is 2.38. The maximum absolute atomic E-state index is 10.5. The minimum Gasteiger partial charge on any atom is -0.496 e. The molecule has 0 saturated carbocycles. The summed E-state index contributed by atoms with van der Waals surface area (Å²) in [6, 6.07) is 11.4. The van der Waals surface area contributed by atoms with Gasteiger partial charge in [0, 0.05) is 6.42 Å². The fraction of sp³-hybridized carbons (Fsp3) is 0.455. The van der Waals surface area contributed by atoms with E-state index in [-0.39, 0.29) is 0 Å². The molecule has 0 aromatic heterocycles.